The molecule has 4 heterocycles. The van der Waals surface area contributed by atoms with Crippen molar-refractivity contribution in [3.8, 4) is 22.8 Å². The number of dihydropyridines is 1. The van der Waals surface area contributed by atoms with Gasteiger partial charge in [0.05, 0.1) is 11.0 Å². The molecule has 0 bridgehead atoms. The smallest absolute Gasteiger partial charge is 0.165 e. The molecule has 0 aliphatic carbocycles. The number of allylic oxidation sites excluding steroid dienone is 2. The van der Waals surface area contributed by atoms with Crippen LogP contribution in [0.1, 0.15) is 12.0 Å². The summed E-state index contributed by atoms with van der Waals surface area (Å²) in [5.41, 5.74) is 5.23. The van der Waals surface area contributed by atoms with Gasteiger partial charge < -0.3 is 9.88 Å². The summed E-state index contributed by atoms with van der Waals surface area (Å²) in [5, 5.41) is 8.81. The van der Waals surface area contributed by atoms with Gasteiger partial charge in [-0.25, -0.2) is 15.0 Å². The van der Waals surface area contributed by atoms with Crippen LogP contribution >= 0.6 is 11.3 Å². The van der Waals surface area contributed by atoms with Crippen LogP contribution in [0.15, 0.2) is 140 Å². The average molecular weight is 584 g/mol. The molecular weight excluding hydrogens is 559 g/mol. The van der Waals surface area contributed by atoms with E-state index in [0.29, 0.717) is 17.5 Å². The number of nitrogens with zero attached hydrogens (tertiary/aromatic N) is 4. The molecule has 5 nitrogen and oxygen atoms in total. The highest BCUT2D eigenvalue weighted by atomic mass is 32.1. The maximum absolute atomic E-state index is 4.91. The minimum absolute atomic E-state index is 0.0722. The molecular formula is C38H25N5S. The first kappa shape index (κ1) is 25.0. The Labute approximate surface area is 257 Å². The first-order valence-corrected chi connectivity index (χ1v) is 15.5. The lowest BCUT2D eigenvalue weighted by Crippen LogP contribution is -2.23. The second-order valence-corrected chi connectivity index (χ2v) is 12.0. The first-order chi connectivity index (χ1) is 21.8. The van der Waals surface area contributed by atoms with Crippen LogP contribution in [0.3, 0.4) is 0 Å². The fourth-order valence-electron chi connectivity index (χ4n) is 6.23. The molecule has 1 N–H and O–H groups in total. The lowest BCUT2D eigenvalue weighted by Gasteiger charge is -2.22. The largest absolute Gasteiger partial charge is 0.367 e. The summed E-state index contributed by atoms with van der Waals surface area (Å²) in [6.07, 6.45) is 6.28. The zero-order valence-corrected chi connectivity index (χ0v) is 24.4. The summed E-state index contributed by atoms with van der Waals surface area (Å²) in [4.78, 5) is 14.7. The predicted octanol–water partition coefficient (Wildman–Crippen LogP) is 9.38. The standard InChI is InChI=1S/C38H25N5S/c1-3-11-24(12-4-1)36-40-37(25-13-5-2-6-14-25)42-38(41-36)26-19-20-35(39-23-26)43-31-17-9-7-15-27(31)29-21-30-28-16-8-10-18-33(28)44-34(30)22-32(29)43/h1-23,35,39H. The topological polar surface area (TPSA) is 55.6 Å². The number of benzene rings is 5. The van der Waals surface area contributed by atoms with Crippen LogP contribution in [0.5, 0.6) is 0 Å². The van der Waals surface area contributed by atoms with E-state index in [4.69, 9.17) is 15.0 Å². The zero-order chi connectivity index (χ0) is 29.0. The highest BCUT2D eigenvalue weighted by molar-refractivity contribution is 7.25. The van der Waals surface area contributed by atoms with Crippen molar-refractivity contribution in [3.05, 3.63) is 146 Å². The minimum Gasteiger partial charge on any atom is -0.367 e. The molecule has 0 saturated heterocycles. The van der Waals surface area contributed by atoms with Crippen LogP contribution in [0.4, 0.5) is 0 Å². The van der Waals surface area contributed by atoms with Gasteiger partial charge in [0.25, 0.3) is 0 Å². The van der Waals surface area contributed by atoms with E-state index in [1.807, 2.05) is 78.2 Å². The molecule has 8 aromatic rings. The van der Waals surface area contributed by atoms with Crippen molar-refractivity contribution < 1.29 is 0 Å². The van der Waals surface area contributed by atoms with Crippen molar-refractivity contribution in [2.45, 2.75) is 6.17 Å². The van der Waals surface area contributed by atoms with E-state index in [9.17, 15) is 0 Å². The van der Waals surface area contributed by atoms with Crippen LogP contribution in [-0.4, -0.2) is 19.5 Å². The second-order valence-electron chi connectivity index (χ2n) is 11.0. The normalized spacial score (nSPS) is 14.8. The number of hydrogen-bond donors (Lipinski definition) is 1. The third kappa shape index (κ3) is 4.03. The van der Waals surface area contributed by atoms with Gasteiger partial charge in [0.15, 0.2) is 17.5 Å². The van der Waals surface area contributed by atoms with Gasteiger partial charge >= 0.3 is 0 Å². The van der Waals surface area contributed by atoms with E-state index in [0.717, 1.165) is 16.7 Å². The van der Waals surface area contributed by atoms with Gasteiger partial charge in [-0.05, 0) is 36.4 Å². The highest BCUT2D eigenvalue weighted by Gasteiger charge is 2.21. The Morgan fingerprint density at radius 1 is 0.545 bits per heavy atom. The van der Waals surface area contributed by atoms with Crippen molar-refractivity contribution in [3.63, 3.8) is 0 Å². The molecule has 1 aliphatic heterocycles. The third-order valence-corrected chi connectivity index (χ3v) is 9.45. The molecule has 5 aromatic carbocycles. The van der Waals surface area contributed by atoms with Gasteiger partial charge in [0, 0.05) is 53.8 Å². The summed E-state index contributed by atoms with van der Waals surface area (Å²) in [7, 11) is 0. The van der Waals surface area contributed by atoms with Gasteiger partial charge in [0.2, 0.25) is 0 Å². The van der Waals surface area contributed by atoms with Crippen LogP contribution in [0.2, 0.25) is 0 Å². The number of para-hydroxylation sites is 1. The third-order valence-electron chi connectivity index (χ3n) is 8.31. The SMILES string of the molecule is C1=CC(n2c3ccccc3c3cc4c(cc32)sc2ccccc24)NC=C1c1nc(-c2ccccc2)nc(-c2ccccc2)n1. The molecule has 0 radical (unpaired) electrons. The van der Waals surface area contributed by atoms with Gasteiger partial charge in [-0.15, -0.1) is 11.3 Å². The number of fused-ring (bicyclic) bond motifs is 6. The Bertz CT molecular complexity index is 2360. The van der Waals surface area contributed by atoms with Gasteiger partial charge in [-0.3, -0.25) is 0 Å². The molecule has 0 fully saturated rings. The van der Waals surface area contributed by atoms with Crippen molar-refractivity contribution in [1.29, 1.82) is 0 Å². The summed E-state index contributed by atoms with van der Waals surface area (Å²) in [5.74, 6) is 1.94. The van der Waals surface area contributed by atoms with E-state index in [2.05, 4.69) is 82.7 Å². The highest BCUT2D eigenvalue weighted by Crippen LogP contribution is 2.40. The van der Waals surface area contributed by atoms with Crippen LogP contribution < -0.4 is 5.32 Å². The number of hydrogen-bond acceptors (Lipinski definition) is 5. The summed E-state index contributed by atoms with van der Waals surface area (Å²) in [6.45, 7) is 0. The second kappa shape index (κ2) is 10.0. The Morgan fingerprint density at radius 2 is 1.18 bits per heavy atom. The Morgan fingerprint density at radius 3 is 1.89 bits per heavy atom. The van der Waals surface area contributed by atoms with E-state index < -0.39 is 0 Å². The van der Waals surface area contributed by atoms with E-state index >= 15 is 0 Å². The Balaban J connectivity index is 1.15. The van der Waals surface area contributed by atoms with Gasteiger partial charge in [0.1, 0.15) is 6.17 Å². The number of aromatic nitrogens is 4. The van der Waals surface area contributed by atoms with Gasteiger partial charge in [-0.2, -0.15) is 0 Å². The van der Waals surface area contributed by atoms with Gasteiger partial charge in [-0.1, -0.05) is 97.1 Å². The summed E-state index contributed by atoms with van der Waals surface area (Å²) >= 11 is 1.85. The van der Waals surface area contributed by atoms with Crippen LogP contribution in [0, 0.1) is 0 Å². The lowest BCUT2D eigenvalue weighted by molar-refractivity contribution is 0.579. The number of thiophene rings is 1. The number of rotatable bonds is 4. The fourth-order valence-corrected chi connectivity index (χ4v) is 7.35. The molecule has 1 aliphatic rings. The van der Waals surface area contributed by atoms with E-state index in [1.54, 1.807) is 0 Å². The molecule has 0 spiro atoms. The van der Waals surface area contributed by atoms with Crippen molar-refractivity contribution in [2.24, 2.45) is 0 Å². The van der Waals surface area contributed by atoms with Crippen molar-refractivity contribution in [2.75, 3.05) is 0 Å². The summed E-state index contributed by atoms with van der Waals surface area (Å²) < 4.78 is 5.01. The molecule has 9 rings (SSSR count). The fraction of sp³-hybridized carbons (Fsp3) is 0.0263. The molecule has 0 amide bonds. The van der Waals surface area contributed by atoms with Crippen molar-refractivity contribution in [1.82, 2.24) is 24.8 Å². The molecule has 1 atom stereocenters. The predicted molar refractivity (Wildman–Crippen MR) is 182 cm³/mol. The summed E-state index contributed by atoms with van der Waals surface area (Å²) in [6, 6.07) is 42.2. The average Bonchev–Trinajstić information content (AvgIpc) is 3.62. The Hall–Kier alpha value is -5.59. The van der Waals surface area contributed by atoms with E-state index in [-0.39, 0.29) is 6.17 Å². The lowest BCUT2D eigenvalue weighted by atomic mass is 10.1. The molecule has 1 unspecified atom stereocenters. The quantitative estimate of drug-likeness (QED) is 0.224. The van der Waals surface area contributed by atoms with Crippen molar-refractivity contribution >= 4 is 58.9 Å². The molecule has 0 saturated carbocycles. The molecule has 44 heavy (non-hydrogen) atoms. The molecule has 208 valence electrons. The first-order valence-electron chi connectivity index (χ1n) is 14.7. The monoisotopic (exact) mass is 583 g/mol. The van der Waals surface area contributed by atoms with E-state index in [1.165, 1.54) is 42.0 Å². The zero-order valence-electron chi connectivity index (χ0n) is 23.6. The molecule has 3 aromatic heterocycles. The van der Waals surface area contributed by atoms with Crippen LogP contribution in [-0.2, 0) is 0 Å². The Kier molecular flexibility index (Phi) is 5.67. The molecule has 6 heteroatoms. The minimum atomic E-state index is -0.0722. The maximum atomic E-state index is 4.91. The maximum Gasteiger partial charge on any atom is 0.165 e. The number of nitrogens with one attached hydrogen (secondary N) is 1. The van der Waals surface area contributed by atoms with Crippen LogP contribution in [0.25, 0.3) is 70.3 Å².